The van der Waals surface area contributed by atoms with Crippen LogP contribution in [0.2, 0.25) is 5.02 Å². The molecule has 3 rings (SSSR count). The number of carbonyl (C=O) groups excluding carboxylic acids is 1. The number of halogens is 1. The van der Waals surface area contributed by atoms with Crippen molar-refractivity contribution < 1.29 is 14.3 Å². The molecule has 0 bridgehead atoms. The summed E-state index contributed by atoms with van der Waals surface area (Å²) in [5, 5.41) is 6.68. The summed E-state index contributed by atoms with van der Waals surface area (Å²) in [5.74, 6) is 1.45. The summed E-state index contributed by atoms with van der Waals surface area (Å²) in [7, 11) is 0. The van der Waals surface area contributed by atoms with Crippen molar-refractivity contribution >= 4 is 34.8 Å². The van der Waals surface area contributed by atoms with Crippen molar-refractivity contribution in [3.8, 4) is 11.5 Å². The van der Waals surface area contributed by atoms with Crippen molar-refractivity contribution in [3.63, 3.8) is 0 Å². The Balaban J connectivity index is 1.59. The number of carbonyl (C=O) groups is 1. The third-order valence-corrected chi connectivity index (χ3v) is 4.41. The smallest absolute Gasteiger partial charge is 0.412 e. The quantitative estimate of drug-likeness (QED) is 0.373. The maximum Gasteiger partial charge on any atom is 0.412 e. The van der Waals surface area contributed by atoms with E-state index in [2.05, 4.69) is 10.6 Å². The van der Waals surface area contributed by atoms with Crippen LogP contribution in [0.4, 0.5) is 21.9 Å². The Morgan fingerprint density at radius 1 is 0.968 bits per heavy atom. The molecule has 0 fully saturated rings. The van der Waals surface area contributed by atoms with Crippen molar-refractivity contribution in [1.82, 2.24) is 0 Å². The van der Waals surface area contributed by atoms with E-state index >= 15 is 0 Å². The maximum absolute atomic E-state index is 12.0. The van der Waals surface area contributed by atoms with Gasteiger partial charge in [0.25, 0.3) is 0 Å². The standard InChI is InChI=1S/C24H26ClN3O3/c1-24(2,3)31-23(29)28-18-8-13-21(26)22(14-18)27-15-16-4-9-19(10-5-16)30-20-11-6-17(25)7-12-20/h4-14,27H,15,26H2,1-3H3,(H,28,29). The van der Waals surface area contributed by atoms with Crippen LogP contribution in [-0.4, -0.2) is 11.7 Å². The van der Waals surface area contributed by atoms with Crippen LogP contribution >= 0.6 is 11.6 Å². The Morgan fingerprint density at radius 2 is 1.58 bits per heavy atom. The largest absolute Gasteiger partial charge is 0.457 e. The van der Waals surface area contributed by atoms with Crippen LogP contribution in [0.1, 0.15) is 26.3 Å². The molecular formula is C24H26ClN3O3. The lowest BCUT2D eigenvalue weighted by atomic mass is 10.2. The van der Waals surface area contributed by atoms with Crippen LogP contribution in [-0.2, 0) is 11.3 Å². The van der Waals surface area contributed by atoms with Crippen molar-refractivity contribution in [2.45, 2.75) is 32.9 Å². The predicted molar refractivity (Wildman–Crippen MR) is 126 cm³/mol. The van der Waals surface area contributed by atoms with Crippen molar-refractivity contribution in [3.05, 3.63) is 77.3 Å². The normalized spacial score (nSPS) is 11.0. The summed E-state index contributed by atoms with van der Waals surface area (Å²) in [5.41, 5.74) is 8.45. The van der Waals surface area contributed by atoms with Gasteiger partial charge in [0.2, 0.25) is 0 Å². The second-order valence-corrected chi connectivity index (χ2v) is 8.42. The number of nitrogen functional groups attached to an aromatic ring is 1. The Bertz CT molecular complexity index is 1030. The molecule has 0 radical (unpaired) electrons. The van der Waals surface area contributed by atoms with Gasteiger partial charge in [0, 0.05) is 17.3 Å². The van der Waals surface area contributed by atoms with E-state index in [0.717, 1.165) is 22.7 Å². The third kappa shape index (κ3) is 7.12. The molecule has 31 heavy (non-hydrogen) atoms. The zero-order valence-electron chi connectivity index (χ0n) is 17.7. The molecule has 0 saturated carbocycles. The number of rotatable bonds is 6. The second-order valence-electron chi connectivity index (χ2n) is 7.98. The van der Waals surface area contributed by atoms with Crippen LogP contribution in [0.15, 0.2) is 66.7 Å². The molecule has 1 amide bonds. The molecule has 0 aliphatic heterocycles. The zero-order chi connectivity index (χ0) is 22.4. The number of ether oxygens (including phenoxy) is 2. The first-order valence-corrected chi connectivity index (χ1v) is 10.2. The van der Waals surface area contributed by atoms with Gasteiger partial charge in [0.15, 0.2) is 0 Å². The van der Waals surface area contributed by atoms with E-state index in [1.54, 1.807) is 30.3 Å². The van der Waals surface area contributed by atoms with Gasteiger partial charge in [0.1, 0.15) is 17.1 Å². The molecular weight excluding hydrogens is 414 g/mol. The molecule has 0 aliphatic rings. The van der Waals surface area contributed by atoms with Crippen LogP contribution in [0.3, 0.4) is 0 Å². The number of nitrogens with two attached hydrogens (primary N) is 1. The third-order valence-electron chi connectivity index (χ3n) is 4.15. The summed E-state index contributed by atoms with van der Waals surface area (Å²) < 4.78 is 11.1. The molecule has 0 spiro atoms. The monoisotopic (exact) mass is 439 g/mol. The lowest BCUT2D eigenvalue weighted by molar-refractivity contribution is 0.0636. The fraction of sp³-hybridized carbons (Fsp3) is 0.208. The molecule has 0 unspecified atom stereocenters. The van der Waals surface area contributed by atoms with Crippen LogP contribution in [0.5, 0.6) is 11.5 Å². The van der Waals surface area contributed by atoms with E-state index in [9.17, 15) is 4.79 Å². The SMILES string of the molecule is CC(C)(C)OC(=O)Nc1ccc(N)c(NCc2ccc(Oc3ccc(Cl)cc3)cc2)c1. The van der Waals surface area contributed by atoms with E-state index < -0.39 is 11.7 Å². The summed E-state index contributed by atoms with van der Waals surface area (Å²) in [4.78, 5) is 12.0. The summed E-state index contributed by atoms with van der Waals surface area (Å²) in [6.07, 6.45) is -0.514. The van der Waals surface area contributed by atoms with E-state index in [1.165, 1.54) is 0 Å². The van der Waals surface area contributed by atoms with Gasteiger partial charge in [-0.05, 0) is 80.9 Å². The van der Waals surface area contributed by atoms with Crippen LogP contribution in [0.25, 0.3) is 0 Å². The highest BCUT2D eigenvalue weighted by molar-refractivity contribution is 6.30. The molecule has 0 saturated heterocycles. The molecule has 0 aliphatic carbocycles. The van der Waals surface area contributed by atoms with Gasteiger partial charge in [-0.2, -0.15) is 0 Å². The zero-order valence-corrected chi connectivity index (χ0v) is 18.5. The first-order chi connectivity index (χ1) is 14.7. The average molecular weight is 440 g/mol. The first-order valence-electron chi connectivity index (χ1n) is 9.84. The van der Waals surface area contributed by atoms with Crippen LogP contribution in [0, 0.1) is 0 Å². The summed E-state index contributed by atoms with van der Waals surface area (Å²) >= 11 is 5.89. The fourth-order valence-electron chi connectivity index (χ4n) is 2.72. The predicted octanol–water partition coefficient (Wildman–Crippen LogP) is 6.67. The number of hydrogen-bond donors (Lipinski definition) is 3. The molecule has 6 nitrogen and oxygen atoms in total. The van der Waals surface area contributed by atoms with Gasteiger partial charge in [-0.25, -0.2) is 4.79 Å². The highest BCUT2D eigenvalue weighted by Gasteiger charge is 2.16. The van der Waals surface area contributed by atoms with E-state index in [4.69, 9.17) is 26.8 Å². The van der Waals surface area contributed by atoms with Gasteiger partial charge in [-0.3, -0.25) is 5.32 Å². The minimum Gasteiger partial charge on any atom is -0.457 e. The maximum atomic E-state index is 12.0. The van der Waals surface area contributed by atoms with Gasteiger partial charge in [-0.15, -0.1) is 0 Å². The van der Waals surface area contributed by atoms with Gasteiger partial charge >= 0.3 is 6.09 Å². The van der Waals surface area contributed by atoms with E-state index in [-0.39, 0.29) is 0 Å². The Labute approximate surface area is 187 Å². The number of hydrogen-bond acceptors (Lipinski definition) is 5. The summed E-state index contributed by atoms with van der Waals surface area (Å²) in [6, 6.07) is 20.2. The van der Waals surface area contributed by atoms with Gasteiger partial charge < -0.3 is 20.5 Å². The van der Waals surface area contributed by atoms with E-state index in [0.29, 0.717) is 22.9 Å². The number of benzene rings is 3. The Morgan fingerprint density at radius 3 is 2.19 bits per heavy atom. The van der Waals surface area contributed by atoms with Gasteiger partial charge in [0.05, 0.1) is 11.4 Å². The number of nitrogens with one attached hydrogen (secondary N) is 2. The van der Waals surface area contributed by atoms with Gasteiger partial charge in [-0.1, -0.05) is 23.7 Å². The minimum absolute atomic E-state index is 0.514. The van der Waals surface area contributed by atoms with Crippen molar-refractivity contribution in [2.24, 2.45) is 0 Å². The average Bonchev–Trinajstić information content (AvgIpc) is 2.70. The molecule has 4 N–H and O–H groups in total. The summed E-state index contributed by atoms with van der Waals surface area (Å²) in [6.45, 7) is 6.00. The highest BCUT2D eigenvalue weighted by Crippen LogP contribution is 2.26. The van der Waals surface area contributed by atoms with E-state index in [1.807, 2.05) is 57.2 Å². The van der Waals surface area contributed by atoms with Crippen molar-refractivity contribution in [1.29, 1.82) is 0 Å². The molecule has 3 aromatic rings. The second kappa shape index (κ2) is 9.62. The number of anilines is 3. The molecule has 0 heterocycles. The fourth-order valence-corrected chi connectivity index (χ4v) is 2.85. The molecule has 3 aromatic carbocycles. The Kier molecular flexibility index (Phi) is 6.92. The van der Waals surface area contributed by atoms with Crippen molar-refractivity contribution in [2.75, 3.05) is 16.4 Å². The molecule has 162 valence electrons. The molecule has 0 aromatic heterocycles. The molecule has 7 heteroatoms. The lowest BCUT2D eigenvalue weighted by Crippen LogP contribution is -2.27. The van der Waals surface area contributed by atoms with Crippen LogP contribution < -0.4 is 21.1 Å². The Hall–Kier alpha value is -3.38. The highest BCUT2D eigenvalue weighted by atomic mass is 35.5. The molecule has 0 atom stereocenters. The minimum atomic E-state index is -0.567. The topological polar surface area (TPSA) is 85.6 Å². The lowest BCUT2D eigenvalue weighted by Gasteiger charge is -2.20. The first kappa shape index (κ1) is 22.3. The number of amides is 1.